The minimum absolute atomic E-state index is 0.165. The number of rotatable bonds is 4. The first kappa shape index (κ1) is 20.0. The molecule has 0 amide bonds. The van der Waals surface area contributed by atoms with Crippen LogP contribution in [0.1, 0.15) is 50.8 Å². The fourth-order valence-corrected chi connectivity index (χ4v) is 6.35. The zero-order valence-corrected chi connectivity index (χ0v) is 18.5. The van der Waals surface area contributed by atoms with Gasteiger partial charge in [-0.1, -0.05) is 0 Å². The Hall–Kier alpha value is -1.72. The van der Waals surface area contributed by atoms with Gasteiger partial charge in [-0.15, -0.1) is 0 Å². The molecule has 0 heterocycles. The molecule has 0 saturated heterocycles. The van der Waals surface area contributed by atoms with E-state index in [9.17, 15) is 0 Å². The Morgan fingerprint density at radius 1 is 1.00 bits per heavy atom. The molecule has 0 aliphatic heterocycles. The molecule has 2 aromatic rings. The first-order valence-corrected chi connectivity index (χ1v) is 11.2. The van der Waals surface area contributed by atoms with Crippen LogP contribution in [-0.2, 0) is 15.6 Å². The molecule has 0 radical (unpaired) electrons. The Morgan fingerprint density at radius 2 is 1.67 bits per heavy atom. The van der Waals surface area contributed by atoms with Crippen LogP contribution in [0.5, 0.6) is 5.75 Å². The van der Waals surface area contributed by atoms with Crippen molar-refractivity contribution in [3.05, 3.63) is 65.2 Å². The molecule has 3 heteroatoms. The molecule has 3 rings (SSSR count). The Kier molecular flexibility index (Phi) is 6.01. The SMILES string of the molecule is COCOc1ccc(C#C[Se]C2CC(C)(C)c3ccccc3C2(C)C)cc1. The van der Waals surface area contributed by atoms with E-state index >= 15 is 0 Å². The molecular formula is C24H28O2Se. The third kappa shape index (κ3) is 4.41. The van der Waals surface area contributed by atoms with Crippen LogP contribution in [0.25, 0.3) is 0 Å². The predicted octanol–water partition coefficient (Wildman–Crippen LogP) is 5.13. The quantitative estimate of drug-likeness (QED) is 0.383. The minimum atomic E-state index is 0.165. The van der Waals surface area contributed by atoms with Gasteiger partial charge in [0.25, 0.3) is 0 Å². The van der Waals surface area contributed by atoms with Crippen LogP contribution in [0.2, 0.25) is 4.82 Å². The standard InChI is InChI=1S/C24H28O2Se/c1-23(2)16-22(24(3,4)21-9-7-6-8-20(21)23)27-15-14-18-10-12-19(13-11-18)26-17-25-5/h6-13,22H,16-17H2,1-5H3. The van der Waals surface area contributed by atoms with Gasteiger partial charge in [0, 0.05) is 0 Å². The summed E-state index contributed by atoms with van der Waals surface area (Å²) in [6.07, 6.45) is 1.19. The van der Waals surface area contributed by atoms with Gasteiger partial charge in [-0.05, 0) is 0 Å². The topological polar surface area (TPSA) is 18.5 Å². The second kappa shape index (κ2) is 8.11. The van der Waals surface area contributed by atoms with Crippen molar-refractivity contribution < 1.29 is 9.47 Å². The van der Waals surface area contributed by atoms with Gasteiger partial charge in [0.1, 0.15) is 0 Å². The van der Waals surface area contributed by atoms with E-state index in [1.54, 1.807) is 7.11 Å². The molecule has 0 bridgehead atoms. The van der Waals surface area contributed by atoms with E-state index in [1.165, 1.54) is 17.5 Å². The summed E-state index contributed by atoms with van der Waals surface area (Å²) in [6, 6.07) is 16.9. The Balaban J connectivity index is 1.74. The van der Waals surface area contributed by atoms with Crippen molar-refractivity contribution in [3.8, 4) is 16.5 Å². The van der Waals surface area contributed by atoms with Crippen LogP contribution < -0.4 is 4.74 Å². The van der Waals surface area contributed by atoms with E-state index in [-0.39, 0.29) is 32.6 Å². The van der Waals surface area contributed by atoms with Gasteiger partial charge in [0.05, 0.1) is 0 Å². The van der Waals surface area contributed by atoms with E-state index in [0.717, 1.165) is 11.3 Å². The summed E-state index contributed by atoms with van der Waals surface area (Å²) >= 11 is 0.263. The summed E-state index contributed by atoms with van der Waals surface area (Å²) in [5.41, 5.74) is 4.41. The number of fused-ring (bicyclic) bond motifs is 1. The Morgan fingerprint density at radius 3 is 2.33 bits per heavy atom. The molecule has 0 saturated carbocycles. The summed E-state index contributed by atoms with van der Waals surface area (Å²) in [7, 11) is 1.62. The monoisotopic (exact) mass is 428 g/mol. The summed E-state index contributed by atoms with van der Waals surface area (Å²) in [5, 5.41) is 0. The number of benzene rings is 2. The molecule has 0 spiro atoms. The second-order valence-corrected chi connectivity index (χ2v) is 10.4. The van der Waals surface area contributed by atoms with Crippen molar-refractivity contribution >= 4 is 15.0 Å². The molecule has 1 aliphatic rings. The number of hydrogen-bond donors (Lipinski definition) is 0. The molecule has 0 fully saturated rings. The summed E-state index contributed by atoms with van der Waals surface area (Å²) in [6.45, 7) is 9.78. The van der Waals surface area contributed by atoms with Crippen LogP contribution >= 0.6 is 0 Å². The van der Waals surface area contributed by atoms with E-state index < -0.39 is 0 Å². The van der Waals surface area contributed by atoms with Gasteiger partial charge >= 0.3 is 170 Å². The average Bonchev–Trinajstić information content (AvgIpc) is 2.65. The van der Waals surface area contributed by atoms with Crippen LogP contribution in [-0.4, -0.2) is 28.9 Å². The molecule has 142 valence electrons. The van der Waals surface area contributed by atoms with Crippen LogP contribution in [0.3, 0.4) is 0 Å². The molecule has 1 aliphatic carbocycles. The van der Waals surface area contributed by atoms with E-state index in [2.05, 4.69) is 62.7 Å². The van der Waals surface area contributed by atoms with Gasteiger partial charge in [-0.3, -0.25) is 0 Å². The van der Waals surface area contributed by atoms with Gasteiger partial charge in [0.15, 0.2) is 0 Å². The predicted molar refractivity (Wildman–Crippen MR) is 112 cm³/mol. The van der Waals surface area contributed by atoms with E-state index in [0.29, 0.717) is 4.82 Å². The Labute approximate surface area is 169 Å². The fourth-order valence-electron chi connectivity index (χ4n) is 3.75. The van der Waals surface area contributed by atoms with E-state index in [1.807, 2.05) is 24.3 Å². The molecule has 0 aromatic heterocycles. The molecule has 1 unspecified atom stereocenters. The summed E-state index contributed by atoms with van der Waals surface area (Å²) in [4.78, 5) is 4.11. The Bertz CT molecular complexity index is 841. The molecule has 2 nitrogen and oxygen atoms in total. The zero-order chi connectivity index (χ0) is 19.5. The van der Waals surface area contributed by atoms with Gasteiger partial charge in [-0.2, -0.15) is 0 Å². The van der Waals surface area contributed by atoms with Crippen LogP contribution in [0.15, 0.2) is 48.5 Å². The second-order valence-electron chi connectivity index (χ2n) is 8.26. The maximum atomic E-state index is 5.43. The van der Waals surface area contributed by atoms with E-state index in [4.69, 9.17) is 9.47 Å². The molecule has 27 heavy (non-hydrogen) atoms. The van der Waals surface area contributed by atoms with Crippen molar-refractivity contribution in [2.75, 3.05) is 13.9 Å². The average molecular weight is 427 g/mol. The van der Waals surface area contributed by atoms with Crippen molar-refractivity contribution in [3.63, 3.8) is 0 Å². The van der Waals surface area contributed by atoms with Gasteiger partial charge in [0.2, 0.25) is 0 Å². The third-order valence-electron chi connectivity index (χ3n) is 5.45. The normalized spacial score (nSPS) is 19.5. The van der Waals surface area contributed by atoms with Gasteiger partial charge < -0.3 is 0 Å². The van der Waals surface area contributed by atoms with Crippen LogP contribution in [0, 0.1) is 10.7 Å². The van der Waals surface area contributed by atoms with Crippen molar-refractivity contribution in [1.82, 2.24) is 0 Å². The number of hydrogen-bond acceptors (Lipinski definition) is 2. The van der Waals surface area contributed by atoms with Crippen LogP contribution in [0.4, 0.5) is 0 Å². The number of methoxy groups -OCH3 is 1. The van der Waals surface area contributed by atoms with Gasteiger partial charge in [-0.25, -0.2) is 0 Å². The zero-order valence-electron chi connectivity index (χ0n) is 16.8. The van der Waals surface area contributed by atoms with Crippen molar-refractivity contribution in [2.45, 2.75) is 49.8 Å². The van der Waals surface area contributed by atoms with Crippen molar-refractivity contribution in [2.24, 2.45) is 0 Å². The third-order valence-corrected chi connectivity index (χ3v) is 8.09. The van der Waals surface area contributed by atoms with Crippen molar-refractivity contribution in [1.29, 1.82) is 0 Å². The fraction of sp³-hybridized carbons (Fsp3) is 0.417. The molecule has 0 N–H and O–H groups in total. The summed E-state index contributed by atoms with van der Waals surface area (Å²) in [5.74, 6) is 4.16. The first-order chi connectivity index (χ1) is 12.8. The molecule has 1 atom stereocenters. The molecular weight excluding hydrogens is 399 g/mol. The number of ether oxygens (including phenoxy) is 2. The summed E-state index contributed by atoms with van der Waals surface area (Å²) < 4.78 is 10.3. The first-order valence-electron chi connectivity index (χ1n) is 9.33. The molecule has 2 aromatic carbocycles. The maximum absolute atomic E-state index is 5.43.